The Hall–Kier alpha value is -1.00. The largest absolute Gasteiger partial charge is 0.397 e. The van der Waals surface area contributed by atoms with Crippen LogP contribution in [0.3, 0.4) is 0 Å². The van der Waals surface area contributed by atoms with Crippen LogP contribution >= 0.6 is 11.6 Å². The number of anilines is 2. The second-order valence-electron chi connectivity index (χ2n) is 3.92. The van der Waals surface area contributed by atoms with Crippen molar-refractivity contribution >= 4 is 23.0 Å². The van der Waals surface area contributed by atoms with E-state index in [0.717, 1.165) is 12.8 Å². The molecule has 0 spiro atoms. The summed E-state index contributed by atoms with van der Waals surface area (Å²) >= 11 is 5.57. The first-order valence-electron chi connectivity index (χ1n) is 4.70. The topological polar surface area (TPSA) is 58.3 Å². The lowest BCUT2D eigenvalue weighted by Crippen LogP contribution is -2.26. The Balaban J connectivity index is 2.25. The molecule has 0 bridgehead atoms. The van der Waals surface area contributed by atoms with E-state index < -0.39 is 5.82 Å². The zero-order valence-electron chi connectivity index (χ0n) is 8.06. The maximum absolute atomic E-state index is 13.2. The van der Waals surface area contributed by atoms with Crippen molar-refractivity contribution < 1.29 is 9.50 Å². The molecule has 1 aliphatic rings. The highest BCUT2D eigenvalue weighted by molar-refractivity contribution is 6.31. The summed E-state index contributed by atoms with van der Waals surface area (Å²) in [6.45, 7) is 0.0245. The number of rotatable bonds is 3. The first-order chi connectivity index (χ1) is 7.06. The average molecular weight is 231 g/mol. The van der Waals surface area contributed by atoms with Crippen LogP contribution in [0.15, 0.2) is 12.1 Å². The van der Waals surface area contributed by atoms with Crippen LogP contribution in [-0.2, 0) is 0 Å². The van der Waals surface area contributed by atoms with Crippen LogP contribution in [0.2, 0.25) is 5.02 Å². The Morgan fingerprint density at radius 1 is 1.53 bits per heavy atom. The van der Waals surface area contributed by atoms with Gasteiger partial charge in [0.1, 0.15) is 5.82 Å². The summed E-state index contributed by atoms with van der Waals surface area (Å²) in [5, 5.41) is 12.2. The maximum atomic E-state index is 13.2. The van der Waals surface area contributed by atoms with Gasteiger partial charge in [0.15, 0.2) is 0 Å². The molecular weight excluding hydrogens is 219 g/mol. The third kappa shape index (κ3) is 2.01. The Morgan fingerprint density at radius 2 is 2.20 bits per heavy atom. The molecule has 1 aliphatic carbocycles. The van der Waals surface area contributed by atoms with E-state index in [1.54, 1.807) is 0 Å². The number of nitrogens with two attached hydrogens (primary N) is 1. The van der Waals surface area contributed by atoms with Crippen LogP contribution in [-0.4, -0.2) is 17.3 Å². The molecule has 0 unspecified atom stereocenters. The van der Waals surface area contributed by atoms with Crippen molar-refractivity contribution in [1.82, 2.24) is 0 Å². The summed E-state index contributed by atoms with van der Waals surface area (Å²) in [5.41, 5.74) is 6.25. The molecule has 5 heteroatoms. The van der Waals surface area contributed by atoms with E-state index in [2.05, 4.69) is 5.32 Å². The molecule has 0 heterocycles. The standard InChI is InChI=1S/C10H12ClFN2O/c11-6-3-8(13)9(4-7(6)12)14-10(5-15)1-2-10/h3-4,14-15H,1-2,5,13H2. The van der Waals surface area contributed by atoms with E-state index in [9.17, 15) is 4.39 Å². The van der Waals surface area contributed by atoms with Gasteiger partial charge in [-0.2, -0.15) is 0 Å². The summed E-state index contributed by atoms with van der Waals surface area (Å²) in [6.07, 6.45) is 1.74. The second-order valence-corrected chi connectivity index (χ2v) is 4.32. The summed E-state index contributed by atoms with van der Waals surface area (Å²) in [7, 11) is 0. The molecule has 3 nitrogen and oxygen atoms in total. The van der Waals surface area contributed by atoms with Crippen LogP contribution in [0.25, 0.3) is 0 Å². The van der Waals surface area contributed by atoms with Gasteiger partial charge < -0.3 is 16.2 Å². The lowest BCUT2D eigenvalue weighted by molar-refractivity contribution is 0.266. The van der Waals surface area contributed by atoms with Crippen LogP contribution < -0.4 is 11.1 Å². The van der Waals surface area contributed by atoms with Gasteiger partial charge in [0.05, 0.1) is 28.5 Å². The number of hydrogen-bond acceptors (Lipinski definition) is 3. The van der Waals surface area contributed by atoms with Gasteiger partial charge in [0.25, 0.3) is 0 Å². The van der Waals surface area contributed by atoms with Gasteiger partial charge in [-0.1, -0.05) is 11.6 Å². The minimum Gasteiger partial charge on any atom is -0.397 e. The summed E-state index contributed by atoms with van der Waals surface area (Å²) in [6, 6.07) is 2.63. The first kappa shape index (κ1) is 10.5. The van der Waals surface area contributed by atoms with Crippen LogP contribution in [0.5, 0.6) is 0 Å². The van der Waals surface area contributed by atoms with E-state index in [1.807, 2.05) is 0 Å². The molecule has 0 saturated heterocycles. The zero-order valence-corrected chi connectivity index (χ0v) is 8.81. The van der Waals surface area contributed by atoms with Crippen LogP contribution in [0, 0.1) is 5.82 Å². The van der Waals surface area contributed by atoms with Crippen LogP contribution in [0.1, 0.15) is 12.8 Å². The summed E-state index contributed by atoms with van der Waals surface area (Å²) < 4.78 is 13.2. The van der Waals surface area contributed by atoms with E-state index in [-0.39, 0.29) is 17.2 Å². The van der Waals surface area contributed by atoms with Gasteiger partial charge in [-0.3, -0.25) is 0 Å². The Kier molecular flexibility index (Phi) is 2.48. The highest BCUT2D eigenvalue weighted by atomic mass is 35.5. The zero-order chi connectivity index (χ0) is 11.1. The number of aliphatic hydroxyl groups excluding tert-OH is 1. The predicted molar refractivity (Wildman–Crippen MR) is 58.5 cm³/mol. The fourth-order valence-electron chi connectivity index (χ4n) is 1.43. The number of halogens is 2. The number of benzene rings is 1. The van der Waals surface area contributed by atoms with Gasteiger partial charge in [0.2, 0.25) is 0 Å². The quantitative estimate of drug-likeness (QED) is 0.696. The SMILES string of the molecule is Nc1cc(Cl)c(F)cc1NC1(CO)CC1. The number of nitrogen functional groups attached to an aromatic ring is 1. The smallest absolute Gasteiger partial charge is 0.143 e. The van der Waals surface area contributed by atoms with Crippen molar-refractivity contribution in [3.8, 4) is 0 Å². The Labute approximate surface area is 92.0 Å². The Morgan fingerprint density at radius 3 is 2.73 bits per heavy atom. The van der Waals surface area contributed by atoms with Crippen molar-refractivity contribution in [3.05, 3.63) is 23.0 Å². The highest BCUT2D eigenvalue weighted by Gasteiger charge is 2.42. The minimum absolute atomic E-state index is 0.00638. The van der Waals surface area contributed by atoms with Gasteiger partial charge in [-0.15, -0.1) is 0 Å². The van der Waals surface area contributed by atoms with Crippen molar-refractivity contribution in [3.63, 3.8) is 0 Å². The summed E-state index contributed by atoms with van der Waals surface area (Å²) in [4.78, 5) is 0. The van der Waals surface area contributed by atoms with E-state index in [1.165, 1.54) is 12.1 Å². The molecule has 4 N–H and O–H groups in total. The van der Waals surface area contributed by atoms with Gasteiger partial charge in [0, 0.05) is 6.07 Å². The highest BCUT2D eigenvalue weighted by Crippen LogP contribution is 2.40. The predicted octanol–water partition coefficient (Wildman–Crippen LogP) is 2.00. The van der Waals surface area contributed by atoms with E-state index in [4.69, 9.17) is 22.4 Å². The second kappa shape index (κ2) is 3.54. The van der Waals surface area contributed by atoms with E-state index in [0.29, 0.717) is 11.4 Å². The monoisotopic (exact) mass is 230 g/mol. The average Bonchev–Trinajstić information content (AvgIpc) is 2.95. The van der Waals surface area contributed by atoms with Crippen molar-refractivity contribution in [2.45, 2.75) is 18.4 Å². The molecule has 1 saturated carbocycles. The minimum atomic E-state index is -0.512. The van der Waals surface area contributed by atoms with Crippen molar-refractivity contribution in [2.75, 3.05) is 17.7 Å². The molecule has 0 radical (unpaired) electrons. The molecule has 0 amide bonds. The third-order valence-electron chi connectivity index (χ3n) is 2.65. The Bertz CT molecular complexity index is 393. The number of aliphatic hydroxyl groups is 1. The lowest BCUT2D eigenvalue weighted by atomic mass is 10.2. The molecule has 0 aromatic heterocycles. The lowest BCUT2D eigenvalue weighted by Gasteiger charge is -2.17. The molecule has 1 aromatic rings. The van der Waals surface area contributed by atoms with Gasteiger partial charge in [-0.05, 0) is 18.9 Å². The fourth-order valence-corrected chi connectivity index (χ4v) is 1.60. The molecule has 0 atom stereocenters. The normalized spacial score (nSPS) is 17.5. The molecule has 1 fully saturated rings. The fraction of sp³-hybridized carbons (Fsp3) is 0.400. The molecule has 15 heavy (non-hydrogen) atoms. The van der Waals surface area contributed by atoms with Gasteiger partial charge >= 0.3 is 0 Å². The first-order valence-corrected chi connectivity index (χ1v) is 5.08. The molecule has 1 aromatic carbocycles. The molecule has 0 aliphatic heterocycles. The van der Waals surface area contributed by atoms with E-state index >= 15 is 0 Å². The molecule has 82 valence electrons. The molecule has 2 rings (SSSR count). The number of nitrogens with one attached hydrogen (secondary N) is 1. The van der Waals surface area contributed by atoms with Crippen LogP contribution in [0.4, 0.5) is 15.8 Å². The number of hydrogen-bond donors (Lipinski definition) is 3. The summed E-state index contributed by atoms with van der Waals surface area (Å²) in [5.74, 6) is -0.512. The van der Waals surface area contributed by atoms with Crippen molar-refractivity contribution in [1.29, 1.82) is 0 Å². The van der Waals surface area contributed by atoms with Crippen molar-refractivity contribution in [2.24, 2.45) is 0 Å². The molecular formula is C10H12ClFN2O. The van der Waals surface area contributed by atoms with Gasteiger partial charge in [-0.25, -0.2) is 4.39 Å². The third-order valence-corrected chi connectivity index (χ3v) is 2.94. The maximum Gasteiger partial charge on any atom is 0.143 e.